The van der Waals surface area contributed by atoms with Gasteiger partial charge in [0.15, 0.2) is 0 Å². The zero-order valence-corrected chi connectivity index (χ0v) is 20.9. The van der Waals surface area contributed by atoms with Crippen molar-refractivity contribution in [3.05, 3.63) is 0 Å². The zero-order valence-electron chi connectivity index (χ0n) is 20.1. The number of carbonyl (C=O) groups is 4. The van der Waals surface area contributed by atoms with Crippen LogP contribution in [0.25, 0.3) is 0 Å². The van der Waals surface area contributed by atoms with Crippen molar-refractivity contribution in [3.63, 3.8) is 0 Å². The number of nitrogens with zero attached hydrogens (tertiary/aromatic N) is 2. The molecule has 0 bridgehead atoms. The first-order valence-corrected chi connectivity index (χ1v) is 11.8. The van der Waals surface area contributed by atoms with Crippen molar-refractivity contribution in [2.75, 3.05) is 25.2 Å². The minimum Gasteiger partial charge on any atom is -0.480 e. The average Bonchev–Trinajstić information content (AvgIpc) is 3.10. The van der Waals surface area contributed by atoms with Gasteiger partial charge in [-0.1, -0.05) is 0 Å². The van der Waals surface area contributed by atoms with Crippen LogP contribution in [0, 0.1) is 0 Å². The van der Waals surface area contributed by atoms with Crippen LogP contribution >= 0.6 is 11.8 Å². The summed E-state index contributed by atoms with van der Waals surface area (Å²) in [6, 6.07) is -1.62. The van der Waals surface area contributed by atoms with E-state index in [1.807, 2.05) is 0 Å². The number of ether oxygens (including phenoxy) is 2. The molecule has 0 radical (unpaired) electrons. The molecule has 1 aliphatic rings. The third-order valence-corrected chi connectivity index (χ3v) is 5.46. The summed E-state index contributed by atoms with van der Waals surface area (Å²) in [6.45, 7) is 10.8. The normalized spacial score (nSPS) is 17.5. The number of carboxylic acids is 1. The molecule has 0 aromatic carbocycles. The van der Waals surface area contributed by atoms with E-state index in [9.17, 15) is 24.3 Å². The van der Waals surface area contributed by atoms with Crippen LogP contribution in [0.5, 0.6) is 0 Å². The number of thioether (sulfide) groups is 1. The van der Waals surface area contributed by atoms with Gasteiger partial charge in [-0.3, -0.25) is 14.6 Å². The van der Waals surface area contributed by atoms with Crippen molar-refractivity contribution in [1.82, 2.24) is 15.1 Å². The largest absolute Gasteiger partial charge is 0.480 e. The lowest BCUT2D eigenvalue weighted by atomic mass is 10.1. The van der Waals surface area contributed by atoms with Crippen LogP contribution in [0.3, 0.4) is 0 Å². The Kier molecular flexibility index (Phi) is 10.1. The van der Waals surface area contributed by atoms with Crippen LogP contribution < -0.4 is 5.32 Å². The van der Waals surface area contributed by atoms with Gasteiger partial charge in [0.2, 0.25) is 5.91 Å². The van der Waals surface area contributed by atoms with Gasteiger partial charge in [0.25, 0.3) is 0 Å². The van der Waals surface area contributed by atoms with Crippen LogP contribution in [0.4, 0.5) is 9.59 Å². The molecule has 11 heteroatoms. The fourth-order valence-electron chi connectivity index (χ4n) is 2.90. The second kappa shape index (κ2) is 11.6. The minimum atomic E-state index is -1.11. The standard InChI is InChI=1S/C21H37N3O7S/c1-20(2,3)30-18(28)23(7)14(17(26)27)10-8-9-11-22-16(25)15-12-32-13-24(15)19(29)31-21(4,5)6/h14-15H,8-13H2,1-7H3,(H,22,25)(H,26,27)/t14-,15?/m0/s1. The highest BCUT2D eigenvalue weighted by molar-refractivity contribution is 7.99. The number of amides is 3. The highest BCUT2D eigenvalue weighted by atomic mass is 32.2. The van der Waals surface area contributed by atoms with E-state index in [1.165, 1.54) is 23.7 Å². The van der Waals surface area contributed by atoms with Crippen molar-refractivity contribution >= 4 is 35.8 Å². The summed E-state index contributed by atoms with van der Waals surface area (Å²) in [4.78, 5) is 51.1. The Hall–Kier alpha value is -2.17. The van der Waals surface area contributed by atoms with Crippen molar-refractivity contribution in [2.24, 2.45) is 0 Å². The Morgan fingerprint density at radius 2 is 1.69 bits per heavy atom. The van der Waals surface area contributed by atoms with Gasteiger partial charge < -0.3 is 19.9 Å². The van der Waals surface area contributed by atoms with Gasteiger partial charge in [-0.2, -0.15) is 0 Å². The summed E-state index contributed by atoms with van der Waals surface area (Å²) in [7, 11) is 1.40. The van der Waals surface area contributed by atoms with E-state index >= 15 is 0 Å². The Labute approximate surface area is 194 Å². The topological polar surface area (TPSA) is 125 Å². The van der Waals surface area contributed by atoms with Crippen molar-refractivity contribution < 1.29 is 33.8 Å². The Bertz CT molecular complexity index is 688. The van der Waals surface area contributed by atoms with Crippen LogP contribution in [0.15, 0.2) is 0 Å². The van der Waals surface area contributed by atoms with Crippen LogP contribution in [-0.2, 0) is 19.1 Å². The first kappa shape index (κ1) is 27.9. The number of hydrogen-bond donors (Lipinski definition) is 2. The summed E-state index contributed by atoms with van der Waals surface area (Å²) >= 11 is 1.48. The molecule has 2 atom stereocenters. The number of carbonyl (C=O) groups excluding carboxylic acids is 3. The molecule has 1 heterocycles. The highest BCUT2D eigenvalue weighted by Crippen LogP contribution is 2.23. The van der Waals surface area contributed by atoms with Crippen LogP contribution in [-0.4, -0.2) is 87.5 Å². The molecule has 0 aromatic rings. The number of rotatable bonds is 8. The van der Waals surface area contributed by atoms with Gasteiger partial charge in [-0.15, -0.1) is 11.8 Å². The molecule has 0 aliphatic carbocycles. The van der Waals surface area contributed by atoms with Gasteiger partial charge in [-0.05, 0) is 60.8 Å². The summed E-state index contributed by atoms with van der Waals surface area (Å²) in [5.41, 5.74) is -1.36. The predicted molar refractivity (Wildman–Crippen MR) is 121 cm³/mol. The molecule has 184 valence electrons. The van der Waals surface area contributed by atoms with E-state index in [-0.39, 0.29) is 12.3 Å². The number of hydrogen-bond acceptors (Lipinski definition) is 7. The van der Waals surface area contributed by atoms with E-state index in [1.54, 1.807) is 41.5 Å². The molecule has 0 saturated carbocycles. The SMILES string of the molecule is CN(C(=O)OC(C)(C)C)[C@@H](CCCCNC(=O)C1CSCN1C(=O)OC(C)(C)C)C(=O)O. The van der Waals surface area contributed by atoms with Crippen LogP contribution in [0.1, 0.15) is 60.8 Å². The van der Waals surface area contributed by atoms with Crippen LogP contribution in [0.2, 0.25) is 0 Å². The molecule has 1 rings (SSSR count). The predicted octanol–water partition coefficient (Wildman–Crippen LogP) is 2.90. The van der Waals surface area contributed by atoms with Crippen molar-refractivity contribution in [3.8, 4) is 0 Å². The van der Waals surface area contributed by atoms with Gasteiger partial charge in [0.1, 0.15) is 23.3 Å². The first-order valence-electron chi connectivity index (χ1n) is 10.7. The van der Waals surface area contributed by atoms with E-state index in [0.717, 1.165) is 4.90 Å². The molecule has 3 amide bonds. The van der Waals surface area contributed by atoms with E-state index < -0.39 is 41.4 Å². The smallest absolute Gasteiger partial charge is 0.411 e. The van der Waals surface area contributed by atoms with Gasteiger partial charge >= 0.3 is 18.2 Å². The first-order chi connectivity index (χ1) is 14.6. The number of nitrogens with one attached hydrogen (secondary N) is 1. The molecule has 2 N–H and O–H groups in total. The summed E-state index contributed by atoms with van der Waals surface area (Å²) in [5, 5.41) is 12.3. The van der Waals surface area contributed by atoms with E-state index in [2.05, 4.69) is 5.32 Å². The second-order valence-electron chi connectivity index (χ2n) is 9.70. The van der Waals surface area contributed by atoms with E-state index in [4.69, 9.17) is 9.47 Å². The molecular formula is C21H37N3O7S. The Morgan fingerprint density at radius 1 is 1.09 bits per heavy atom. The summed E-state index contributed by atoms with van der Waals surface area (Å²) in [6.07, 6.45) is 0.0321. The third-order valence-electron chi connectivity index (χ3n) is 4.45. The maximum atomic E-state index is 12.5. The number of carboxylic acid groups (broad SMARTS) is 1. The number of aliphatic carboxylic acids is 1. The molecule has 0 aromatic heterocycles. The summed E-state index contributed by atoms with van der Waals surface area (Å²) in [5.74, 6) is -0.489. The lowest BCUT2D eigenvalue weighted by molar-refractivity contribution is -0.143. The number of likely N-dealkylation sites (N-methyl/N-ethyl adjacent to an activating group) is 1. The third kappa shape index (κ3) is 9.54. The summed E-state index contributed by atoms with van der Waals surface area (Å²) < 4.78 is 10.6. The molecule has 10 nitrogen and oxygen atoms in total. The van der Waals surface area contributed by atoms with Gasteiger partial charge in [0, 0.05) is 19.3 Å². The molecular weight excluding hydrogens is 438 g/mol. The monoisotopic (exact) mass is 475 g/mol. The Balaban J connectivity index is 2.47. The lowest BCUT2D eigenvalue weighted by Gasteiger charge is -2.28. The number of unbranched alkanes of at least 4 members (excludes halogenated alkanes) is 1. The fraction of sp³-hybridized carbons (Fsp3) is 0.810. The van der Waals surface area contributed by atoms with E-state index in [0.29, 0.717) is 31.0 Å². The molecule has 1 unspecified atom stereocenters. The molecule has 0 spiro atoms. The van der Waals surface area contributed by atoms with Gasteiger partial charge in [0.05, 0.1) is 5.88 Å². The lowest BCUT2D eigenvalue weighted by Crippen LogP contribution is -2.48. The molecule has 1 fully saturated rings. The van der Waals surface area contributed by atoms with Gasteiger partial charge in [-0.25, -0.2) is 14.4 Å². The zero-order chi connectivity index (χ0) is 24.7. The van der Waals surface area contributed by atoms with Crippen molar-refractivity contribution in [2.45, 2.75) is 84.1 Å². The Morgan fingerprint density at radius 3 is 2.22 bits per heavy atom. The highest BCUT2D eigenvalue weighted by Gasteiger charge is 2.37. The maximum absolute atomic E-state index is 12.5. The quantitative estimate of drug-likeness (QED) is 0.513. The second-order valence-corrected chi connectivity index (χ2v) is 10.7. The fourth-order valence-corrected chi connectivity index (χ4v) is 4.04. The molecule has 1 aliphatic heterocycles. The average molecular weight is 476 g/mol. The van der Waals surface area contributed by atoms with Crippen molar-refractivity contribution in [1.29, 1.82) is 0 Å². The minimum absolute atomic E-state index is 0.226. The molecule has 1 saturated heterocycles. The molecule has 32 heavy (non-hydrogen) atoms. The maximum Gasteiger partial charge on any atom is 0.411 e.